The first-order valence-electron chi connectivity index (χ1n) is 9.10. The maximum atomic E-state index is 12.9. The molecule has 1 aromatic carbocycles. The lowest BCUT2D eigenvalue weighted by atomic mass is 10.0. The van der Waals surface area contributed by atoms with E-state index >= 15 is 0 Å². The smallest absolute Gasteiger partial charge is 0.339 e. The van der Waals surface area contributed by atoms with Gasteiger partial charge in [-0.15, -0.1) is 0 Å². The summed E-state index contributed by atoms with van der Waals surface area (Å²) in [6.45, 7) is 5.05. The number of rotatable bonds is 3. The normalized spacial score (nSPS) is 15.4. The molecule has 4 rings (SSSR count). The molecule has 3 aromatic rings. The van der Waals surface area contributed by atoms with Gasteiger partial charge >= 0.3 is 5.97 Å². The molecule has 1 aliphatic heterocycles. The Balaban J connectivity index is 1.46. The van der Waals surface area contributed by atoms with E-state index in [9.17, 15) is 14.7 Å². The first-order chi connectivity index (χ1) is 12.9. The van der Waals surface area contributed by atoms with E-state index in [2.05, 4.69) is 10.1 Å². The number of H-pyrrole nitrogens is 1. The molecule has 1 amide bonds. The van der Waals surface area contributed by atoms with Gasteiger partial charge in [-0.3, -0.25) is 9.48 Å². The van der Waals surface area contributed by atoms with Gasteiger partial charge in [0.15, 0.2) is 0 Å². The summed E-state index contributed by atoms with van der Waals surface area (Å²) in [5.74, 6) is -0.953. The number of hydrogen-bond acceptors (Lipinski definition) is 3. The van der Waals surface area contributed by atoms with Crippen molar-refractivity contribution in [2.75, 3.05) is 13.1 Å². The Hall–Kier alpha value is -3.09. The molecule has 2 aromatic heterocycles. The predicted octanol–water partition coefficient (Wildman–Crippen LogP) is 3.16. The summed E-state index contributed by atoms with van der Waals surface area (Å²) in [6, 6.07) is 8.12. The van der Waals surface area contributed by atoms with E-state index in [0.717, 1.165) is 29.3 Å². The fraction of sp³-hybridized carbons (Fsp3) is 0.350. The number of carboxylic acids is 1. The fourth-order valence-electron chi connectivity index (χ4n) is 3.84. The van der Waals surface area contributed by atoms with Gasteiger partial charge in [0, 0.05) is 24.0 Å². The van der Waals surface area contributed by atoms with Crippen molar-refractivity contribution in [3.63, 3.8) is 0 Å². The number of aryl methyl sites for hydroxylation is 1. The second-order valence-corrected chi connectivity index (χ2v) is 7.19. The number of amides is 1. The van der Waals surface area contributed by atoms with Crippen molar-refractivity contribution >= 4 is 22.8 Å². The molecule has 0 radical (unpaired) electrons. The number of nitrogens with one attached hydrogen (secondary N) is 1. The molecule has 2 N–H and O–H groups in total. The van der Waals surface area contributed by atoms with Crippen LogP contribution in [0.2, 0.25) is 0 Å². The van der Waals surface area contributed by atoms with Gasteiger partial charge in [-0.05, 0) is 44.4 Å². The number of fused-ring (bicyclic) bond motifs is 1. The number of carbonyl (C=O) groups is 2. The Morgan fingerprint density at radius 2 is 1.93 bits per heavy atom. The van der Waals surface area contributed by atoms with E-state index in [-0.39, 0.29) is 17.5 Å². The summed E-state index contributed by atoms with van der Waals surface area (Å²) in [6.07, 6.45) is 2.92. The zero-order valence-electron chi connectivity index (χ0n) is 15.4. The van der Waals surface area contributed by atoms with E-state index in [1.54, 1.807) is 11.6 Å². The van der Waals surface area contributed by atoms with Crippen LogP contribution in [0.25, 0.3) is 10.9 Å². The number of aromatic carboxylic acids is 1. The number of aromatic nitrogens is 3. The average Bonchev–Trinajstić information content (AvgIpc) is 3.24. The lowest BCUT2D eigenvalue weighted by molar-refractivity contribution is 0.0683. The van der Waals surface area contributed by atoms with Crippen LogP contribution in [0.15, 0.2) is 30.5 Å². The number of benzene rings is 1. The third-order valence-electron chi connectivity index (χ3n) is 5.38. The Bertz CT molecular complexity index is 1030. The van der Waals surface area contributed by atoms with Crippen LogP contribution in [0, 0.1) is 13.8 Å². The SMILES string of the molecule is Cc1ccc2cc(C(=O)N3CCC(n4ncc(C(=O)O)c4C)CC3)[nH]c2c1. The average molecular weight is 366 g/mol. The first kappa shape index (κ1) is 17.3. The van der Waals surface area contributed by atoms with Crippen LogP contribution < -0.4 is 0 Å². The molecule has 0 spiro atoms. The highest BCUT2D eigenvalue weighted by Gasteiger charge is 2.27. The van der Waals surface area contributed by atoms with Crippen molar-refractivity contribution in [3.05, 3.63) is 53.0 Å². The Labute approximate surface area is 156 Å². The van der Waals surface area contributed by atoms with Gasteiger partial charge in [0.25, 0.3) is 5.91 Å². The summed E-state index contributed by atoms with van der Waals surface area (Å²) < 4.78 is 1.79. The summed E-state index contributed by atoms with van der Waals surface area (Å²) in [4.78, 5) is 29.1. The molecule has 27 heavy (non-hydrogen) atoms. The third-order valence-corrected chi connectivity index (χ3v) is 5.38. The lowest BCUT2D eigenvalue weighted by Crippen LogP contribution is -2.39. The number of hydrogen-bond donors (Lipinski definition) is 2. The largest absolute Gasteiger partial charge is 0.478 e. The van der Waals surface area contributed by atoms with Crippen molar-refractivity contribution in [2.24, 2.45) is 0 Å². The standard InChI is InChI=1S/C20H22N4O3/c1-12-3-4-14-10-18(22-17(14)9-12)19(25)23-7-5-15(6-8-23)24-13(2)16(11-21-24)20(26)27/h3-4,9-11,15,22H,5-8H2,1-2H3,(H,26,27). The quantitative estimate of drug-likeness (QED) is 0.745. The topological polar surface area (TPSA) is 91.2 Å². The molecular weight excluding hydrogens is 344 g/mol. The number of carbonyl (C=O) groups excluding carboxylic acids is 1. The van der Waals surface area contributed by atoms with E-state index in [4.69, 9.17) is 0 Å². The van der Waals surface area contributed by atoms with Gasteiger partial charge in [-0.2, -0.15) is 5.10 Å². The molecule has 0 bridgehead atoms. The van der Waals surface area contributed by atoms with Gasteiger partial charge in [0.2, 0.25) is 0 Å². The zero-order valence-corrected chi connectivity index (χ0v) is 15.4. The van der Waals surface area contributed by atoms with E-state index in [1.807, 2.05) is 36.1 Å². The number of nitrogens with zero attached hydrogens (tertiary/aromatic N) is 3. The van der Waals surface area contributed by atoms with Crippen LogP contribution in [0.1, 0.15) is 51.0 Å². The molecule has 0 atom stereocenters. The number of carboxylic acid groups (broad SMARTS) is 1. The molecule has 7 nitrogen and oxygen atoms in total. The maximum Gasteiger partial charge on any atom is 0.339 e. The van der Waals surface area contributed by atoms with Crippen LogP contribution in [-0.4, -0.2) is 49.7 Å². The summed E-state index contributed by atoms with van der Waals surface area (Å²) >= 11 is 0. The minimum Gasteiger partial charge on any atom is -0.478 e. The first-order valence-corrected chi connectivity index (χ1v) is 9.10. The monoisotopic (exact) mass is 366 g/mol. The highest BCUT2D eigenvalue weighted by molar-refractivity contribution is 5.98. The van der Waals surface area contributed by atoms with Crippen LogP contribution in [-0.2, 0) is 0 Å². The second kappa shape index (κ2) is 6.57. The number of piperidine rings is 1. The van der Waals surface area contributed by atoms with E-state index in [1.165, 1.54) is 6.20 Å². The van der Waals surface area contributed by atoms with Gasteiger partial charge < -0.3 is 15.0 Å². The van der Waals surface area contributed by atoms with Crippen molar-refractivity contribution in [2.45, 2.75) is 32.7 Å². The number of likely N-dealkylation sites (tertiary alicyclic amines) is 1. The molecule has 3 heterocycles. The Morgan fingerprint density at radius 1 is 1.19 bits per heavy atom. The molecule has 1 fully saturated rings. The lowest BCUT2D eigenvalue weighted by Gasteiger charge is -2.32. The maximum absolute atomic E-state index is 12.9. The van der Waals surface area contributed by atoms with Gasteiger partial charge in [-0.25, -0.2) is 4.79 Å². The van der Waals surface area contributed by atoms with Crippen molar-refractivity contribution in [1.82, 2.24) is 19.7 Å². The predicted molar refractivity (Wildman–Crippen MR) is 101 cm³/mol. The van der Waals surface area contributed by atoms with Crippen LogP contribution >= 0.6 is 0 Å². The van der Waals surface area contributed by atoms with Crippen molar-refractivity contribution < 1.29 is 14.7 Å². The fourth-order valence-corrected chi connectivity index (χ4v) is 3.84. The molecule has 0 saturated carbocycles. The van der Waals surface area contributed by atoms with Crippen molar-refractivity contribution in [1.29, 1.82) is 0 Å². The molecule has 1 aliphatic rings. The van der Waals surface area contributed by atoms with E-state index < -0.39 is 5.97 Å². The molecule has 7 heteroatoms. The van der Waals surface area contributed by atoms with Gasteiger partial charge in [0.05, 0.1) is 17.9 Å². The Morgan fingerprint density at radius 3 is 2.59 bits per heavy atom. The Kier molecular flexibility index (Phi) is 4.22. The minimum atomic E-state index is -0.958. The second-order valence-electron chi connectivity index (χ2n) is 7.19. The molecular formula is C20H22N4O3. The van der Waals surface area contributed by atoms with E-state index in [0.29, 0.717) is 24.5 Å². The molecule has 140 valence electrons. The third kappa shape index (κ3) is 3.09. The zero-order chi connectivity index (χ0) is 19.1. The summed E-state index contributed by atoms with van der Waals surface area (Å²) in [5.41, 5.74) is 3.64. The minimum absolute atomic E-state index is 0.00529. The highest BCUT2D eigenvalue weighted by Crippen LogP contribution is 2.26. The van der Waals surface area contributed by atoms with Crippen molar-refractivity contribution in [3.8, 4) is 0 Å². The number of aromatic amines is 1. The summed E-state index contributed by atoms with van der Waals surface area (Å²) in [5, 5.41) is 14.5. The van der Waals surface area contributed by atoms with Gasteiger partial charge in [-0.1, -0.05) is 12.1 Å². The molecule has 1 saturated heterocycles. The van der Waals surface area contributed by atoms with Crippen LogP contribution in [0.3, 0.4) is 0 Å². The summed E-state index contributed by atoms with van der Waals surface area (Å²) in [7, 11) is 0. The molecule has 0 aliphatic carbocycles. The van der Waals surface area contributed by atoms with Crippen LogP contribution in [0.5, 0.6) is 0 Å². The highest BCUT2D eigenvalue weighted by atomic mass is 16.4. The molecule has 0 unspecified atom stereocenters. The van der Waals surface area contributed by atoms with Gasteiger partial charge in [0.1, 0.15) is 11.3 Å². The van der Waals surface area contributed by atoms with Crippen LogP contribution in [0.4, 0.5) is 0 Å².